The van der Waals surface area contributed by atoms with Crippen LogP contribution < -0.4 is 5.32 Å². The highest BCUT2D eigenvalue weighted by Gasteiger charge is 2.29. The van der Waals surface area contributed by atoms with Crippen LogP contribution in [0.5, 0.6) is 0 Å². The summed E-state index contributed by atoms with van der Waals surface area (Å²) in [7, 11) is -3.39. The van der Waals surface area contributed by atoms with Gasteiger partial charge in [0.05, 0.1) is 4.90 Å². The molecule has 6 heteroatoms. The molecule has 1 N–H and O–H groups in total. The molecule has 1 aromatic rings. The first kappa shape index (κ1) is 18.6. The molecule has 1 heterocycles. The Hall–Kier alpha value is -0.430. The van der Waals surface area contributed by atoms with Gasteiger partial charge < -0.3 is 5.32 Å². The van der Waals surface area contributed by atoms with Gasteiger partial charge in [-0.1, -0.05) is 27.7 Å². The predicted octanol–water partition coefficient (Wildman–Crippen LogP) is 3.36. The van der Waals surface area contributed by atoms with Gasteiger partial charge in [-0.05, 0) is 26.3 Å². The molecule has 0 fully saturated rings. The van der Waals surface area contributed by atoms with Crippen LogP contribution in [0.3, 0.4) is 0 Å². The maximum atomic E-state index is 12.8. The highest BCUT2D eigenvalue weighted by molar-refractivity contribution is 7.89. The van der Waals surface area contributed by atoms with Gasteiger partial charge in [0.25, 0.3) is 0 Å². The average Bonchev–Trinajstić information content (AvgIpc) is 2.78. The number of hydrogen-bond donors (Lipinski definition) is 1. The lowest BCUT2D eigenvalue weighted by Gasteiger charge is -2.26. The number of nitrogens with zero attached hydrogens (tertiary/aromatic N) is 1. The zero-order valence-corrected chi connectivity index (χ0v) is 15.6. The molecule has 122 valence electrons. The molecule has 1 unspecified atom stereocenters. The summed E-state index contributed by atoms with van der Waals surface area (Å²) >= 11 is 1.56. The van der Waals surface area contributed by atoms with E-state index in [1.54, 1.807) is 15.6 Å². The number of hydrogen-bond acceptors (Lipinski definition) is 4. The van der Waals surface area contributed by atoms with E-state index in [0.717, 1.165) is 16.2 Å². The van der Waals surface area contributed by atoms with Crippen molar-refractivity contribution in [2.45, 2.75) is 71.5 Å². The SMILES string of the molecule is CCC(C)N(CC)S(=O)(=O)c1cc(CNC(C)C)sc1C. The Bertz CT molecular complexity index is 550. The van der Waals surface area contributed by atoms with Gasteiger partial charge in [-0.25, -0.2) is 8.42 Å². The summed E-state index contributed by atoms with van der Waals surface area (Å²) in [6.07, 6.45) is 0.817. The van der Waals surface area contributed by atoms with Crippen LogP contribution in [0, 0.1) is 6.92 Å². The number of aryl methyl sites for hydroxylation is 1. The largest absolute Gasteiger partial charge is 0.310 e. The summed E-state index contributed by atoms with van der Waals surface area (Å²) in [5.41, 5.74) is 0. The molecule has 0 bridgehead atoms. The third-order valence-electron chi connectivity index (χ3n) is 3.59. The summed E-state index contributed by atoms with van der Waals surface area (Å²) in [4.78, 5) is 2.41. The molecule has 1 rings (SSSR count). The lowest BCUT2D eigenvalue weighted by molar-refractivity contribution is 0.342. The second-order valence-corrected chi connectivity index (χ2v) is 8.83. The molecule has 1 aromatic heterocycles. The molecule has 0 spiro atoms. The topological polar surface area (TPSA) is 49.4 Å². The molecule has 0 aliphatic rings. The van der Waals surface area contributed by atoms with Gasteiger partial charge in [0.2, 0.25) is 10.0 Å². The second-order valence-electron chi connectivity index (χ2n) is 5.63. The Morgan fingerprint density at radius 2 is 1.90 bits per heavy atom. The van der Waals surface area contributed by atoms with E-state index in [4.69, 9.17) is 0 Å². The minimum atomic E-state index is -3.39. The van der Waals surface area contributed by atoms with E-state index in [-0.39, 0.29) is 6.04 Å². The molecule has 0 aromatic carbocycles. The molecule has 1 atom stereocenters. The quantitative estimate of drug-likeness (QED) is 0.794. The Kier molecular flexibility index (Phi) is 6.84. The van der Waals surface area contributed by atoms with Crippen molar-refractivity contribution in [2.24, 2.45) is 0 Å². The first-order valence-corrected chi connectivity index (χ1v) is 9.84. The second kappa shape index (κ2) is 7.72. The van der Waals surface area contributed by atoms with Gasteiger partial charge in [-0.2, -0.15) is 4.31 Å². The molecule has 0 saturated carbocycles. The van der Waals surface area contributed by atoms with Crippen LogP contribution in [0.15, 0.2) is 11.0 Å². The summed E-state index contributed by atoms with van der Waals surface area (Å²) in [6, 6.07) is 2.24. The molecular weight excluding hydrogens is 304 g/mol. The van der Waals surface area contributed by atoms with Crippen LogP contribution in [0.1, 0.15) is 50.8 Å². The highest BCUT2D eigenvalue weighted by Crippen LogP contribution is 2.29. The first-order valence-electron chi connectivity index (χ1n) is 7.58. The standard InChI is InChI=1S/C15H28N2O2S2/c1-7-12(5)17(8-2)21(18,19)15-9-14(20-13(15)6)10-16-11(3)4/h9,11-12,16H,7-8,10H2,1-6H3. The number of nitrogens with one attached hydrogen (secondary N) is 1. The van der Waals surface area contributed by atoms with Gasteiger partial charge in [0, 0.05) is 34.9 Å². The number of thiophene rings is 1. The van der Waals surface area contributed by atoms with E-state index in [2.05, 4.69) is 19.2 Å². The molecule has 0 amide bonds. The number of rotatable bonds is 8. The summed E-state index contributed by atoms with van der Waals surface area (Å²) in [6.45, 7) is 13.2. The molecule has 0 aliphatic heterocycles. The molecule has 0 radical (unpaired) electrons. The van der Waals surface area contributed by atoms with Crippen LogP contribution in [0.25, 0.3) is 0 Å². The summed E-state index contributed by atoms with van der Waals surface area (Å²) < 4.78 is 27.3. The van der Waals surface area contributed by atoms with E-state index >= 15 is 0 Å². The van der Waals surface area contributed by atoms with Crippen molar-refractivity contribution >= 4 is 21.4 Å². The third kappa shape index (κ3) is 4.52. The van der Waals surface area contributed by atoms with E-state index < -0.39 is 10.0 Å². The van der Waals surface area contributed by atoms with Crippen molar-refractivity contribution in [1.82, 2.24) is 9.62 Å². The zero-order chi connectivity index (χ0) is 16.2. The average molecular weight is 333 g/mol. The van der Waals surface area contributed by atoms with Crippen molar-refractivity contribution in [3.8, 4) is 0 Å². The van der Waals surface area contributed by atoms with Crippen LogP contribution in [0.2, 0.25) is 0 Å². The van der Waals surface area contributed by atoms with Gasteiger partial charge in [-0.3, -0.25) is 0 Å². The molecular formula is C15H28N2O2S2. The first-order chi connectivity index (χ1) is 9.73. The Balaban J connectivity index is 3.08. The van der Waals surface area contributed by atoms with Crippen LogP contribution in [0.4, 0.5) is 0 Å². The number of sulfonamides is 1. The normalized spacial score (nSPS) is 14.1. The van der Waals surface area contributed by atoms with E-state index in [1.165, 1.54) is 0 Å². The minimum absolute atomic E-state index is 0.0246. The Labute approximate surface area is 133 Å². The molecule has 0 aliphatic carbocycles. The fourth-order valence-corrected chi connectivity index (χ4v) is 5.49. The predicted molar refractivity (Wildman–Crippen MR) is 90.4 cm³/mol. The molecule has 21 heavy (non-hydrogen) atoms. The van der Waals surface area contributed by atoms with Crippen molar-refractivity contribution < 1.29 is 8.42 Å². The lowest BCUT2D eigenvalue weighted by Crippen LogP contribution is -2.38. The van der Waals surface area contributed by atoms with Gasteiger partial charge in [-0.15, -0.1) is 11.3 Å². The fraction of sp³-hybridized carbons (Fsp3) is 0.733. The Morgan fingerprint density at radius 1 is 1.29 bits per heavy atom. The zero-order valence-electron chi connectivity index (χ0n) is 13.9. The van der Waals surface area contributed by atoms with Crippen molar-refractivity contribution in [3.63, 3.8) is 0 Å². The lowest BCUT2D eigenvalue weighted by atomic mass is 10.3. The van der Waals surface area contributed by atoms with Gasteiger partial charge >= 0.3 is 0 Å². The van der Waals surface area contributed by atoms with Crippen molar-refractivity contribution in [2.75, 3.05) is 6.54 Å². The van der Waals surface area contributed by atoms with Gasteiger partial charge in [0.15, 0.2) is 0 Å². The Morgan fingerprint density at radius 3 is 2.38 bits per heavy atom. The highest BCUT2D eigenvalue weighted by atomic mass is 32.2. The molecule has 0 saturated heterocycles. The fourth-order valence-electron chi connectivity index (χ4n) is 2.22. The van der Waals surface area contributed by atoms with Crippen LogP contribution in [-0.2, 0) is 16.6 Å². The monoisotopic (exact) mass is 332 g/mol. The minimum Gasteiger partial charge on any atom is -0.310 e. The van der Waals surface area contributed by atoms with E-state index in [1.807, 2.05) is 33.8 Å². The third-order valence-corrected chi connectivity index (χ3v) is 6.98. The summed E-state index contributed by atoms with van der Waals surface area (Å²) in [5.74, 6) is 0. The maximum absolute atomic E-state index is 12.8. The van der Waals surface area contributed by atoms with Crippen molar-refractivity contribution in [1.29, 1.82) is 0 Å². The van der Waals surface area contributed by atoms with E-state index in [9.17, 15) is 8.42 Å². The smallest absolute Gasteiger partial charge is 0.244 e. The summed E-state index contributed by atoms with van der Waals surface area (Å²) in [5, 5.41) is 3.33. The van der Waals surface area contributed by atoms with Crippen LogP contribution in [-0.4, -0.2) is 31.4 Å². The maximum Gasteiger partial charge on any atom is 0.244 e. The van der Waals surface area contributed by atoms with Crippen LogP contribution >= 0.6 is 11.3 Å². The van der Waals surface area contributed by atoms with Crippen molar-refractivity contribution in [3.05, 3.63) is 15.8 Å². The van der Waals surface area contributed by atoms with E-state index in [0.29, 0.717) is 24.0 Å². The van der Waals surface area contributed by atoms with Gasteiger partial charge in [0.1, 0.15) is 0 Å². The molecule has 4 nitrogen and oxygen atoms in total.